The number of carbonyl (C=O) groups is 1. The molecular weight excluding hydrogens is 324 g/mol. The summed E-state index contributed by atoms with van der Waals surface area (Å²) in [5.41, 5.74) is 0.909. The number of aromatic nitrogens is 2. The summed E-state index contributed by atoms with van der Waals surface area (Å²) in [6.07, 6.45) is 0. The summed E-state index contributed by atoms with van der Waals surface area (Å²) in [7, 11) is 1.95. The average molecular weight is 341 g/mol. The van der Waals surface area contributed by atoms with Gasteiger partial charge in [-0.2, -0.15) is 0 Å². The number of nitrogens with one attached hydrogen (secondary N) is 1. The number of anilines is 2. The summed E-state index contributed by atoms with van der Waals surface area (Å²) in [4.78, 5) is 14.6. The predicted octanol–water partition coefficient (Wildman–Crippen LogP) is 3.99. The third-order valence-corrected chi connectivity index (χ3v) is 4.04. The van der Waals surface area contributed by atoms with Crippen LogP contribution in [-0.4, -0.2) is 29.7 Å². The quantitative estimate of drug-likeness (QED) is 0.780. The van der Waals surface area contributed by atoms with Crippen LogP contribution in [0.2, 0.25) is 5.02 Å². The van der Waals surface area contributed by atoms with Crippen LogP contribution < -0.4 is 10.2 Å². The Balaban J connectivity index is 2.02. The molecule has 1 N–H and O–H groups in total. The monoisotopic (exact) mass is 340 g/mol. The summed E-state index contributed by atoms with van der Waals surface area (Å²) in [6, 6.07) is 14.6. The van der Waals surface area contributed by atoms with E-state index in [1.165, 1.54) is 0 Å². The number of hydrogen-bond acceptors (Lipinski definition) is 4. The van der Waals surface area contributed by atoms with Crippen molar-refractivity contribution in [3.8, 4) is 0 Å². The first-order valence-corrected chi connectivity index (χ1v) is 8.01. The number of fused-ring (bicyclic) bond motifs is 1. The van der Waals surface area contributed by atoms with Crippen molar-refractivity contribution < 1.29 is 4.79 Å². The minimum Gasteiger partial charge on any atom is -0.358 e. The zero-order valence-electron chi connectivity index (χ0n) is 13.5. The number of nitrogens with zero attached hydrogens (tertiary/aromatic N) is 3. The second kappa shape index (κ2) is 6.84. The molecule has 5 nitrogen and oxygen atoms in total. The van der Waals surface area contributed by atoms with Gasteiger partial charge in [-0.3, -0.25) is 4.79 Å². The van der Waals surface area contributed by atoms with E-state index in [2.05, 4.69) is 15.5 Å². The fourth-order valence-electron chi connectivity index (χ4n) is 2.45. The van der Waals surface area contributed by atoms with Crippen molar-refractivity contribution in [1.82, 2.24) is 10.2 Å². The maximum atomic E-state index is 12.6. The lowest BCUT2D eigenvalue weighted by molar-refractivity contribution is 0.102. The van der Waals surface area contributed by atoms with Gasteiger partial charge >= 0.3 is 0 Å². The maximum absolute atomic E-state index is 12.6. The van der Waals surface area contributed by atoms with Gasteiger partial charge in [0, 0.05) is 35.1 Å². The van der Waals surface area contributed by atoms with E-state index in [0.29, 0.717) is 16.4 Å². The third-order valence-electron chi connectivity index (χ3n) is 3.80. The SMILES string of the molecule is CCN(C)c1nnc(C(=O)Nc2cccc(Cl)c2)c2ccccc12. The fraction of sp³-hybridized carbons (Fsp3) is 0.167. The Labute approximate surface area is 145 Å². The van der Waals surface area contributed by atoms with E-state index in [0.717, 1.165) is 23.1 Å². The van der Waals surface area contributed by atoms with Gasteiger partial charge in [-0.25, -0.2) is 0 Å². The van der Waals surface area contributed by atoms with Crippen LogP contribution in [0.15, 0.2) is 48.5 Å². The molecule has 0 aliphatic carbocycles. The highest BCUT2D eigenvalue weighted by molar-refractivity contribution is 6.31. The fourth-order valence-corrected chi connectivity index (χ4v) is 2.64. The lowest BCUT2D eigenvalue weighted by Crippen LogP contribution is -2.20. The Morgan fingerprint density at radius 3 is 2.58 bits per heavy atom. The lowest BCUT2D eigenvalue weighted by atomic mass is 10.1. The second-order valence-corrected chi connectivity index (χ2v) is 5.83. The van der Waals surface area contributed by atoms with Gasteiger partial charge in [0.15, 0.2) is 11.5 Å². The molecule has 24 heavy (non-hydrogen) atoms. The van der Waals surface area contributed by atoms with Crippen LogP contribution in [-0.2, 0) is 0 Å². The molecule has 0 bridgehead atoms. The highest BCUT2D eigenvalue weighted by Crippen LogP contribution is 2.25. The highest BCUT2D eigenvalue weighted by Gasteiger charge is 2.17. The summed E-state index contributed by atoms with van der Waals surface area (Å²) in [5.74, 6) is 0.444. The molecule has 0 aliphatic heterocycles. The van der Waals surface area contributed by atoms with Crippen molar-refractivity contribution in [2.75, 3.05) is 23.8 Å². The largest absolute Gasteiger partial charge is 0.358 e. The molecule has 1 heterocycles. The number of amides is 1. The first kappa shape index (κ1) is 16.2. The Bertz CT molecular complexity index is 897. The molecule has 0 spiro atoms. The Morgan fingerprint density at radius 1 is 1.12 bits per heavy atom. The average Bonchev–Trinajstić information content (AvgIpc) is 2.60. The predicted molar refractivity (Wildman–Crippen MR) is 97.9 cm³/mol. The van der Waals surface area contributed by atoms with Crippen LogP contribution in [0.1, 0.15) is 17.4 Å². The van der Waals surface area contributed by atoms with Gasteiger partial charge in [0.2, 0.25) is 0 Å². The Hall–Kier alpha value is -2.66. The van der Waals surface area contributed by atoms with Crippen LogP contribution >= 0.6 is 11.6 Å². The zero-order valence-corrected chi connectivity index (χ0v) is 14.2. The first-order chi connectivity index (χ1) is 11.6. The van der Waals surface area contributed by atoms with Crippen molar-refractivity contribution in [1.29, 1.82) is 0 Å². The lowest BCUT2D eigenvalue weighted by Gasteiger charge is -2.17. The molecule has 0 fully saturated rings. The van der Waals surface area contributed by atoms with Crippen molar-refractivity contribution in [3.63, 3.8) is 0 Å². The molecule has 122 valence electrons. The Kier molecular flexibility index (Phi) is 4.62. The molecule has 0 atom stereocenters. The van der Waals surface area contributed by atoms with Crippen molar-refractivity contribution in [3.05, 3.63) is 59.2 Å². The highest BCUT2D eigenvalue weighted by atomic mass is 35.5. The van der Waals surface area contributed by atoms with Gasteiger partial charge in [0.1, 0.15) is 0 Å². The van der Waals surface area contributed by atoms with Gasteiger partial charge < -0.3 is 10.2 Å². The van der Waals surface area contributed by atoms with Gasteiger partial charge in [0.05, 0.1) is 0 Å². The van der Waals surface area contributed by atoms with Crippen LogP contribution in [0.3, 0.4) is 0 Å². The summed E-state index contributed by atoms with van der Waals surface area (Å²) < 4.78 is 0. The molecule has 6 heteroatoms. The molecule has 0 aliphatic rings. The van der Waals surface area contributed by atoms with Crippen molar-refractivity contribution in [2.24, 2.45) is 0 Å². The zero-order chi connectivity index (χ0) is 17.1. The van der Waals surface area contributed by atoms with E-state index >= 15 is 0 Å². The van der Waals surface area contributed by atoms with E-state index in [4.69, 9.17) is 11.6 Å². The number of hydrogen-bond donors (Lipinski definition) is 1. The summed E-state index contributed by atoms with van der Waals surface area (Å²) >= 11 is 5.96. The molecule has 3 rings (SSSR count). The number of benzene rings is 2. The van der Waals surface area contributed by atoms with Gasteiger partial charge in [-0.15, -0.1) is 10.2 Å². The van der Waals surface area contributed by atoms with Crippen LogP contribution in [0.4, 0.5) is 11.5 Å². The molecule has 0 saturated carbocycles. The normalized spacial score (nSPS) is 10.6. The first-order valence-electron chi connectivity index (χ1n) is 7.63. The number of carbonyl (C=O) groups excluding carboxylic acids is 1. The van der Waals surface area contributed by atoms with E-state index in [9.17, 15) is 4.79 Å². The van der Waals surface area contributed by atoms with E-state index < -0.39 is 0 Å². The van der Waals surface area contributed by atoms with E-state index in [-0.39, 0.29) is 5.91 Å². The van der Waals surface area contributed by atoms with Crippen LogP contribution in [0.25, 0.3) is 10.8 Å². The minimum absolute atomic E-state index is 0.291. The minimum atomic E-state index is -0.313. The van der Waals surface area contributed by atoms with Gasteiger partial charge in [0.25, 0.3) is 5.91 Å². The number of rotatable bonds is 4. The molecule has 0 saturated heterocycles. The molecule has 1 aromatic heterocycles. The maximum Gasteiger partial charge on any atom is 0.276 e. The topological polar surface area (TPSA) is 58.1 Å². The summed E-state index contributed by atoms with van der Waals surface area (Å²) in [6.45, 7) is 2.84. The number of halogens is 1. The van der Waals surface area contributed by atoms with Crippen LogP contribution in [0, 0.1) is 0 Å². The van der Waals surface area contributed by atoms with Crippen molar-refractivity contribution in [2.45, 2.75) is 6.92 Å². The second-order valence-electron chi connectivity index (χ2n) is 5.40. The van der Waals surface area contributed by atoms with Gasteiger partial charge in [-0.1, -0.05) is 41.9 Å². The molecule has 3 aromatic rings. The molecular formula is C18H17ClN4O. The molecule has 2 aromatic carbocycles. The van der Waals surface area contributed by atoms with Crippen LogP contribution in [0.5, 0.6) is 0 Å². The van der Waals surface area contributed by atoms with Gasteiger partial charge in [-0.05, 0) is 25.1 Å². The standard InChI is InChI=1S/C18H17ClN4O/c1-3-23(2)17-15-10-5-4-9-14(15)16(21-22-17)18(24)20-13-8-6-7-12(19)11-13/h4-11H,3H2,1-2H3,(H,20,24). The smallest absolute Gasteiger partial charge is 0.276 e. The Morgan fingerprint density at radius 2 is 1.88 bits per heavy atom. The van der Waals surface area contributed by atoms with E-state index in [1.807, 2.05) is 43.1 Å². The molecule has 0 unspecified atom stereocenters. The third kappa shape index (κ3) is 3.16. The summed E-state index contributed by atoms with van der Waals surface area (Å²) in [5, 5.41) is 13.4. The molecule has 1 amide bonds. The van der Waals surface area contributed by atoms with E-state index in [1.54, 1.807) is 24.3 Å². The van der Waals surface area contributed by atoms with Crippen molar-refractivity contribution >= 4 is 39.8 Å². The molecule has 0 radical (unpaired) electrons.